The van der Waals surface area contributed by atoms with E-state index in [1.807, 2.05) is 0 Å². The van der Waals surface area contributed by atoms with Gasteiger partial charge in [0.05, 0.1) is 23.5 Å². The fraction of sp³-hybridized carbons (Fsp3) is 0.0500. The van der Waals surface area contributed by atoms with Crippen LogP contribution in [0.1, 0.15) is 10.4 Å². The molecule has 3 aromatic carbocycles. The highest BCUT2D eigenvalue weighted by atomic mass is 35.5. The Balaban J connectivity index is 1.87. The molecule has 3 rings (SSSR count). The average molecular weight is 371 g/mol. The Morgan fingerprint density at radius 1 is 1.04 bits per heavy atom. The Bertz CT molecular complexity index is 959. The number of carbonyl (C=O) groups excluding carboxylic acids is 1. The van der Waals surface area contributed by atoms with Crippen molar-refractivity contribution in [3.8, 4) is 16.9 Å². The minimum absolute atomic E-state index is 0.0307. The van der Waals surface area contributed by atoms with Gasteiger partial charge in [0, 0.05) is 5.56 Å². The number of methoxy groups -OCH3 is 1. The van der Waals surface area contributed by atoms with Gasteiger partial charge in [-0.1, -0.05) is 23.7 Å². The minimum atomic E-state index is -0.487. The first-order valence-electron chi connectivity index (χ1n) is 7.78. The fourth-order valence-electron chi connectivity index (χ4n) is 2.46. The molecule has 0 fully saturated rings. The summed E-state index contributed by atoms with van der Waals surface area (Å²) in [5.41, 5.74) is 8.80. The first-order chi connectivity index (χ1) is 12.5. The van der Waals surface area contributed by atoms with E-state index >= 15 is 0 Å². The van der Waals surface area contributed by atoms with Crippen LogP contribution in [0.15, 0.2) is 60.7 Å². The van der Waals surface area contributed by atoms with Gasteiger partial charge in [0.15, 0.2) is 0 Å². The highest BCUT2D eigenvalue weighted by Gasteiger charge is 2.11. The molecule has 0 aliphatic rings. The van der Waals surface area contributed by atoms with Crippen molar-refractivity contribution in [2.45, 2.75) is 0 Å². The average Bonchev–Trinajstić information content (AvgIpc) is 2.66. The normalized spacial score (nSPS) is 10.4. The first-order valence-corrected chi connectivity index (χ1v) is 8.16. The number of ether oxygens (including phenoxy) is 1. The van der Waals surface area contributed by atoms with E-state index in [1.54, 1.807) is 55.6 Å². The molecule has 0 aromatic heterocycles. The molecule has 3 N–H and O–H groups in total. The number of nitrogen functional groups attached to an aromatic ring is 1. The molecular weight excluding hydrogens is 355 g/mol. The molecular formula is C20H16ClFN2O2. The van der Waals surface area contributed by atoms with Gasteiger partial charge in [-0.2, -0.15) is 0 Å². The lowest BCUT2D eigenvalue weighted by Gasteiger charge is -2.11. The van der Waals surface area contributed by atoms with Crippen molar-refractivity contribution >= 4 is 28.9 Å². The number of anilines is 2. The van der Waals surface area contributed by atoms with E-state index in [4.69, 9.17) is 22.1 Å². The zero-order chi connectivity index (χ0) is 18.7. The van der Waals surface area contributed by atoms with Crippen molar-refractivity contribution in [2.75, 3.05) is 18.2 Å². The van der Waals surface area contributed by atoms with Crippen LogP contribution in [-0.2, 0) is 0 Å². The van der Waals surface area contributed by atoms with E-state index in [0.29, 0.717) is 22.7 Å². The lowest BCUT2D eigenvalue weighted by Crippen LogP contribution is -2.13. The van der Waals surface area contributed by atoms with E-state index in [-0.39, 0.29) is 10.9 Å². The van der Waals surface area contributed by atoms with Gasteiger partial charge in [0.1, 0.15) is 11.6 Å². The Morgan fingerprint density at radius 2 is 1.69 bits per heavy atom. The minimum Gasteiger partial charge on any atom is -0.497 e. The molecule has 0 bridgehead atoms. The van der Waals surface area contributed by atoms with E-state index in [2.05, 4.69) is 5.32 Å². The highest BCUT2D eigenvalue weighted by Crippen LogP contribution is 2.30. The maximum atomic E-state index is 13.4. The number of nitrogens with one attached hydrogen (secondary N) is 1. The molecule has 0 atom stereocenters. The second-order valence-electron chi connectivity index (χ2n) is 5.61. The summed E-state index contributed by atoms with van der Waals surface area (Å²) < 4.78 is 18.4. The smallest absolute Gasteiger partial charge is 0.255 e. The van der Waals surface area contributed by atoms with Gasteiger partial charge in [0.25, 0.3) is 5.91 Å². The molecule has 6 heteroatoms. The summed E-state index contributed by atoms with van der Waals surface area (Å²) in [7, 11) is 1.56. The molecule has 0 aliphatic heterocycles. The van der Waals surface area contributed by atoms with Gasteiger partial charge in [-0.15, -0.1) is 0 Å². The summed E-state index contributed by atoms with van der Waals surface area (Å²) in [6.45, 7) is 0. The topological polar surface area (TPSA) is 64.3 Å². The van der Waals surface area contributed by atoms with Gasteiger partial charge >= 0.3 is 0 Å². The van der Waals surface area contributed by atoms with Gasteiger partial charge in [-0.05, 0) is 59.7 Å². The molecule has 0 radical (unpaired) electrons. The molecule has 3 aromatic rings. The van der Waals surface area contributed by atoms with Crippen molar-refractivity contribution in [3.05, 3.63) is 77.1 Å². The highest BCUT2D eigenvalue weighted by molar-refractivity contribution is 6.31. The van der Waals surface area contributed by atoms with Crippen LogP contribution in [0.25, 0.3) is 11.1 Å². The summed E-state index contributed by atoms with van der Waals surface area (Å²) in [5, 5.41) is 2.82. The second kappa shape index (κ2) is 7.45. The van der Waals surface area contributed by atoms with Crippen LogP contribution in [0, 0.1) is 5.82 Å². The molecule has 0 aliphatic carbocycles. The van der Waals surface area contributed by atoms with Crippen LogP contribution in [0.3, 0.4) is 0 Å². The number of nitrogens with two attached hydrogens (primary N) is 1. The Kier molecular flexibility index (Phi) is 5.09. The summed E-state index contributed by atoms with van der Waals surface area (Å²) in [6, 6.07) is 16.3. The third-order valence-corrected chi connectivity index (χ3v) is 4.20. The Hall–Kier alpha value is -3.05. The van der Waals surface area contributed by atoms with E-state index < -0.39 is 5.82 Å². The predicted octanol–water partition coefficient (Wildman–Crippen LogP) is 4.99. The number of rotatable bonds is 4. The SMILES string of the molecule is COc1ccc(C(=O)Nc2cc(-c3ccc(F)c(Cl)c3)ccc2N)cc1. The van der Waals surface area contributed by atoms with Crippen molar-refractivity contribution in [1.82, 2.24) is 0 Å². The monoisotopic (exact) mass is 370 g/mol. The third-order valence-electron chi connectivity index (χ3n) is 3.91. The lowest BCUT2D eigenvalue weighted by atomic mass is 10.0. The molecule has 0 spiro atoms. The van der Waals surface area contributed by atoms with Crippen molar-refractivity contribution in [3.63, 3.8) is 0 Å². The van der Waals surface area contributed by atoms with Crippen LogP contribution in [0.5, 0.6) is 5.75 Å². The van der Waals surface area contributed by atoms with Crippen molar-refractivity contribution in [2.24, 2.45) is 0 Å². The zero-order valence-corrected chi connectivity index (χ0v) is 14.7. The van der Waals surface area contributed by atoms with Gasteiger partial charge < -0.3 is 15.8 Å². The quantitative estimate of drug-likeness (QED) is 0.636. The summed E-state index contributed by atoms with van der Waals surface area (Å²) >= 11 is 5.84. The van der Waals surface area contributed by atoms with Gasteiger partial charge in [0.2, 0.25) is 0 Å². The fourth-order valence-corrected chi connectivity index (χ4v) is 2.64. The van der Waals surface area contributed by atoms with Crippen LogP contribution in [0.2, 0.25) is 5.02 Å². The van der Waals surface area contributed by atoms with E-state index in [0.717, 1.165) is 11.1 Å². The van der Waals surface area contributed by atoms with Crippen LogP contribution >= 0.6 is 11.6 Å². The van der Waals surface area contributed by atoms with Crippen LogP contribution < -0.4 is 15.8 Å². The van der Waals surface area contributed by atoms with Crippen molar-refractivity contribution < 1.29 is 13.9 Å². The van der Waals surface area contributed by atoms with E-state index in [9.17, 15) is 9.18 Å². The molecule has 4 nitrogen and oxygen atoms in total. The molecule has 0 heterocycles. The molecule has 1 amide bonds. The van der Waals surface area contributed by atoms with Crippen LogP contribution in [-0.4, -0.2) is 13.0 Å². The standard InChI is InChI=1S/C20H16ClFN2O2/c1-26-15-6-2-12(3-7-15)20(25)24-19-11-14(5-9-18(19)23)13-4-8-17(22)16(21)10-13/h2-11H,23H2,1H3,(H,24,25). The Labute approximate surface area is 155 Å². The number of hydrogen-bond donors (Lipinski definition) is 2. The lowest BCUT2D eigenvalue weighted by molar-refractivity contribution is 0.102. The van der Waals surface area contributed by atoms with Crippen LogP contribution in [0.4, 0.5) is 15.8 Å². The summed E-state index contributed by atoms with van der Waals surface area (Å²) in [6.07, 6.45) is 0. The number of benzene rings is 3. The van der Waals surface area contributed by atoms with Crippen molar-refractivity contribution in [1.29, 1.82) is 0 Å². The summed E-state index contributed by atoms with van der Waals surface area (Å²) in [5.74, 6) is -0.121. The molecule has 132 valence electrons. The maximum absolute atomic E-state index is 13.4. The second-order valence-corrected chi connectivity index (χ2v) is 6.02. The number of amides is 1. The molecule has 0 saturated heterocycles. The molecule has 0 saturated carbocycles. The van der Waals surface area contributed by atoms with Gasteiger partial charge in [-0.25, -0.2) is 4.39 Å². The third kappa shape index (κ3) is 3.78. The number of hydrogen-bond acceptors (Lipinski definition) is 3. The first kappa shape index (κ1) is 17.8. The summed E-state index contributed by atoms with van der Waals surface area (Å²) in [4.78, 5) is 12.4. The predicted molar refractivity (Wildman–Crippen MR) is 102 cm³/mol. The zero-order valence-electron chi connectivity index (χ0n) is 13.9. The van der Waals surface area contributed by atoms with E-state index in [1.165, 1.54) is 12.1 Å². The molecule has 0 unspecified atom stereocenters. The van der Waals surface area contributed by atoms with Gasteiger partial charge in [-0.3, -0.25) is 4.79 Å². The largest absolute Gasteiger partial charge is 0.497 e. The maximum Gasteiger partial charge on any atom is 0.255 e. The number of halogens is 2. The number of carbonyl (C=O) groups is 1. The Morgan fingerprint density at radius 3 is 2.35 bits per heavy atom. The molecule has 26 heavy (non-hydrogen) atoms.